The van der Waals surface area contributed by atoms with Crippen molar-refractivity contribution in [3.8, 4) is 11.1 Å². The number of amides is 3. The molecular weight excluding hydrogens is 497 g/mol. The summed E-state index contributed by atoms with van der Waals surface area (Å²) < 4.78 is 18.2. The normalized spacial score (nSPS) is 10.5. The maximum Gasteiger partial charge on any atom is 0.322 e. The molecule has 0 aliphatic carbocycles. The van der Waals surface area contributed by atoms with Crippen molar-refractivity contribution in [1.29, 1.82) is 0 Å². The fourth-order valence-electron chi connectivity index (χ4n) is 3.78. The van der Waals surface area contributed by atoms with Gasteiger partial charge in [0.15, 0.2) is 0 Å². The van der Waals surface area contributed by atoms with E-state index in [2.05, 4.69) is 26.1 Å². The van der Waals surface area contributed by atoms with Crippen molar-refractivity contribution in [3.05, 3.63) is 48.5 Å². The number of nitrogens with zero attached hydrogens (tertiary/aromatic N) is 4. The highest BCUT2D eigenvalue weighted by Gasteiger charge is 2.16. The molecule has 4 rings (SSSR count). The second-order valence-electron chi connectivity index (χ2n) is 7.82. The number of nitrogens with one attached hydrogen (secondary N) is 3. The Hall–Kier alpha value is -4.81. The van der Waals surface area contributed by atoms with Crippen LogP contribution in [0.5, 0.6) is 0 Å². The van der Waals surface area contributed by atoms with Gasteiger partial charge in [-0.25, -0.2) is 4.39 Å². The van der Waals surface area contributed by atoms with E-state index in [9.17, 15) is 19.2 Å². The number of carboxylic acid groups (broad SMARTS) is 1. The zero-order valence-electron chi connectivity index (χ0n) is 20.9. The van der Waals surface area contributed by atoms with Crippen molar-refractivity contribution in [2.45, 2.75) is 26.9 Å². The third-order valence-corrected chi connectivity index (χ3v) is 5.44. The van der Waals surface area contributed by atoms with Crippen LogP contribution >= 0.6 is 0 Å². The average Bonchev–Trinajstić information content (AvgIpc) is 3.50. The number of aromatic nitrogens is 4. The van der Waals surface area contributed by atoms with Gasteiger partial charge in [-0.1, -0.05) is 26.0 Å². The number of carboxylic acids is 1. The summed E-state index contributed by atoms with van der Waals surface area (Å²) in [4.78, 5) is 44.9. The Kier molecular flexibility index (Phi) is 9.46. The Morgan fingerprint density at radius 1 is 0.974 bits per heavy atom. The summed E-state index contributed by atoms with van der Waals surface area (Å²) >= 11 is 0. The molecule has 4 N–H and O–H groups in total. The lowest BCUT2D eigenvalue weighted by molar-refractivity contribution is -0.137. The third-order valence-electron chi connectivity index (χ3n) is 5.44. The highest BCUT2D eigenvalue weighted by Crippen LogP contribution is 2.33. The molecule has 0 bridgehead atoms. The van der Waals surface area contributed by atoms with Crippen LogP contribution < -0.4 is 16.0 Å². The molecule has 0 aliphatic rings. The van der Waals surface area contributed by atoms with Crippen LogP contribution in [0.4, 0.5) is 4.39 Å². The van der Waals surface area contributed by atoms with Crippen LogP contribution in [0.3, 0.4) is 0 Å². The van der Waals surface area contributed by atoms with E-state index in [0.29, 0.717) is 52.4 Å². The summed E-state index contributed by atoms with van der Waals surface area (Å²) in [6, 6.07) is 8.30. The molecule has 0 spiro atoms. The summed E-state index contributed by atoms with van der Waals surface area (Å²) in [5.74, 6) is -2.77. The molecule has 3 amide bonds. The molecule has 0 saturated carbocycles. The van der Waals surface area contributed by atoms with Crippen molar-refractivity contribution in [2.75, 3.05) is 19.6 Å². The van der Waals surface area contributed by atoms with Gasteiger partial charge in [0, 0.05) is 22.9 Å². The lowest BCUT2D eigenvalue weighted by atomic mass is 10.00. The Bertz CT molecular complexity index is 1460. The number of fused-ring (bicyclic) bond motifs is 2. The van der Waals surface area contributed by atoms with E-state index in [1.807, 2.05) is 13.8 Å². The van der Waals surface area contributed by atoms with Gasteiger partial charge in [0.25, 0.3) is 0 Å². The van der Waals surface area contributed by atoms with Crippen molar-refractivity contribution < 1.29 is 28.7 Å². The van der Waals surface area contributed by atoms with Crippen molar-refractivity contribution >= 4 is 46.0 Å². The van der Waals surface area contributed by atoms with Crippen LogP contribution in [0.15, 0.2) is 42.7 Å². The summed E-state index contributed by atoms with van der Waals surface area (Å²) in [6.45, 7) is 3.67. The average molecular weight is 526 g/mol. The second-order valence-corrected chi connectivity index (χ2v) is 7.82. The molecule has 4 aromatic rings. The monoisotopic (exact) mass is 525 g/mol. The van der Waals surface area contributed by atoms with E-state index >= 15 is 4.39 Å². The molecule has 2 aromatic carbocycles. The SMILES string of the molecule is CC.O=CNCCn1ncc2cc(F)c(-c3cccc4c3cnn4CC(=O)NCC(=O)NCC(=O)O)cc21. The number of carbonyl (C=O) groups excluding carboxylic acids is 3. The summed E-state index contributed by atoms with van der Waals surface area (Å²) in [5, 5.41) is 25.5. The van der Waals surface area contributed by atoms with Gasteiger partial charge < -0.3 is 21.1 Å². The number of carbonyl (C=O) groups is 4. The minimum atomic E-state index is -1.19. The first kappa shape index (κ1) is 27.8. The van der Waals surface area contributed by atoms with Gasteiger partial charge in [0.05, 0.1) is 36.5 Å². The van der Waals surface area contributed by atoms with Crippen LogP contribution in [0.1, 0.15) is 13.8 Å². The van der Waals surface area contributed by atoms with E-state index in [0.717, 1.165) is 0 Å². The fraction of sp³-hybridized carbons (Fsp3) is 0.280. The predicted octanol–water partition coefficient (Wildman–Crippen LogP) is 1.28. The maximum atomic E-state index is 15.1. The smallest absolute Gasteiger partial charge is 0.322 e. The molecule has 0 saturated heterocycles. The minimum absolute atomic E-state index is 0.197. The molecule has 2 heterocycles. The molecule has 200 valence electrons. The molecule has 38 heavy (non-hydrogen) atoms. The molecule has 0 aliphatic heterocycles. The van der Waals surface area contributed by atoms with Gasteiger partial charge in [-0.15, -0.1) is 0 Å². The van der Waals surface area contributed by atoms with Gasteiger partial charge >= 0.3 is 5.97 Å². The minimum Gasteiger partial charge on any atom is -0.480 e. The second kappa shape index (κ2) is 12.9. The van der Waals surface area contributed by atoms with Crippen LogP contribution in [0.2, 0.25) is 0 Å². The van der Waals surface area contributed by atoms with Gasteiger partial charge in [-0.05, 0) is 23.8 Å². The van der Waals surface area contributed by atoms with Crippen molar-refractivity contribution in [2.24, 2.45) is 0 Å². The highest BCUT2D eigenvalue weighted by molar-refractivity contribution is 5.97. The van der Waals surface area contributed by atoms with Crippen molar-refractivity contribution in [3.63, 3.8) is 0 Å². The first-order valence-electron chi connectivity index (χ1n) is 11.9. The van der Waals surface area contributed by atoms with Crippen LogP contribution in [-0.4, -0.2) is 68.5 Å². The third kappa shape index (κ3) is 6.49. The first-order chi connectivity index (χ1) is 18.4. The fourth-order valence-corrected chi connectivity index (χ4v) is 3.78. The van der Waals surface area contributed by atoms with E-state index in [1.54, 1.807) is 35.1 Å². The molecular formula is C25H28FN7O5. The number of benzene rings is 2. The molecule has 0 atom stereocenters. The lowest BCUT2D eigenvalue weighted by Gasteiger charge is -2.09. The zero-order valence-corrected chi connectivity index (χ0v) is 20.9. The van der Waals surface area contributed by atoms with Gasteiger partial charge in [-0.3, -0.25) is 28.5 Å². The summed E-state index contributed by atoms with van der Waals surface area (Å²) in [6.07, 6.45) is 3.69. The molecule has 0 fully saturated rings. The standard InChI is InChI=1S/C23H22FN7O5.C2H6/c24-18-6-14-8-28-30(5-4-25-13-32)20(14)7-16(18)15-2-1-3-19-17(15)9-29-31(19)12-22(34)26-10-21(33)27-11-23(35)36;1-2/h1-3,6-9,13H,4-5,10-12H2,(H,25,32)(H,26,34)(H,27,33)(H,35,36);1-2H3. The Morgan fingerprint density at radius 2 is 1.71 bits per heavy atom. The number of aliphatic carboxylic acids is 1. The number of hydrogen-bond acceptors (Lipinski definition) is 6. The molecule has 12 nitrogen and oxygen atoms in total. The Labute approximate surface area is 216 Å². The molecule has 0 radical (unpaired) electrons. The number of hydrogen-bond donors (Lipinski definition) is 4. The zero-order chi connectivity index (χ0) is 27.7. The van der Waals surface area contributed by atoms with Gasteiger partial charge in [0.2, 0.25) is 18.2 Å². The van der Waals surface area contributed by atoms with Gasteiger partial charge in [-0.2, -0.15) is 10.2 Å². The summed E-state index contributed by atoms with van der Waals surface area (Å²) in [7, 11) is 0. The number of rotatable bonds is 11. The summed E-state index contributed by atoms with van der Waals surface area (Å²) in [5.41, 5.74) is 2.19. The lowest BCUT2D eigenvalue weighted by Crippen LogP contribution is -2.40. The number of halogens is 1. The van der Waals surface area contributed by atoms with E-state index in [1.165, 1.54) is 16.9 Å². The molecule has 13 heteroatoms. The Balaban J connectivity index is 0.00000195. The predicted molar refractivity (Wildman–Crippen MR) is 137 cm³/mol. The van der Waals surface area contributed by atoms with Gasteiger partial charge in [0.1, 0.15) is 18.9 Å². The van der Waals surface area contributed by atoms with E-state index < -0.39 is 30.1 Å². The Morgan fingerprint density at radius 3 is 2.45 bits per heavy atom. The first-order valence-corrected chi connectivity index (χ1v) is 11.9. The molecule has 0 unspecified atom stereocenters. The highest BCUT2D eigenvalue weighted by atomic mass is 19.1. The van der Waals surface area contributed by atoms with E-state index in [-0.39, 0.29) is 13.1 Å². The van der Waals surface area contributed by atoms with Crippen LogP contribution in [-0.2, 0) is 32.3 Å². The largest absolute Gasteiger partial charge is 0.480 e. The topological polar surface area (TPSA) is 160 Å². The van der Waals surface area contributed by atoms with E-state index in [4.69, 9.17) is 5.11 Å². The van der Waals surface area contributed by atoms with Crippen molar-refractivity contribution in [1.82, 2.24) is 35.5 Å². The van der Waals surface area contributed by atoms with Crippen LogP contribution in [0.25, 0.3) is 32.9 Å². The quantitative estimate of drug-likeness (QED) is 0.169. The van der Waals surface area contributed by atoms with Crippen LogP contribution in [0, 0.1) is 5.82 Å². The maximum absolute atomic E-state index is 15.1. The molecule has 2 aromatic heterocycles.